The minimum atomic E-state index is -3.66. The van der Waals surface area contributed by atoms with Gasteiger partial charge in [0, 0.05) is 37.4 Å². The van der Waals surface area contributed by atoms with E-state index in [2.05, 4.69) is 34.5 Å². The SMILES string of the molecule is O=C(Nc1ccc(S(=O)(=O)N(C2CC2)C2CCN(Cc3ccccc3)CC2)cc1)C(c1ccccc1)c1ccccc1. The lowest BCUT2D eigenvalue weighted by atomic mass is 9.90. The van der Waals surface area contributed by atoms with Crippen LogP contribution in [0.3, 0.4) is 0 Å². The Balaban J connectivity index is 1.14. The Labute approximate surface area is 249 Å². The summed E-state index contributed by atoms with van der Waals surface area (Å²) in [6.07, 6.45) is 3.49. The molecule has 42 heavy (non-hydrogen) atoms. The van der Waals surface area contributed by atoms with Crippen LogP contribution in [0.1, 0.15) is 48.3 Å². The molecule has 2 fully saturated rings. The molecular formula is C35H37N3O3S. The van der Waals surface area contributed by atoms with Gasteiger partial charge in [0.05, 0.1) is 10.8 Å². The van der Waals surface area contributed by atoms with E-state index in [-0.39, 0.29) is 22.9 Å². The van der Waals surface area contributed by atoms with E-state index in [1.807, 2.05) is 66.7 Å². The summed E-state index contributed by atoms with van der Waals surface area (Å²) in [5.41, 5.74) is 3.65. The summed E-state index contributed by atoms with van der Waals surface area (Å²) in [5, 5.41) is 3.02. The number of carbonyl (C=O) groups is 1. The minimum absolute atomic E-state index is 0.00593. The maximum absolute atomic E-state index is 13.9. The zero-order chi connectivity index (χ0) is 28.9. The van der Waals surface area contributed by atoms with Crippen molar-refractivity contribution in [2.75, 3.05) is 18.4 Å². The fourth-order valence-electron chi connectivity index (χ4n) is 6.03. The molecule has 4 aromatic rings. The second-order valence-electron chi connectivity index (χ2n) is 11.3. The lowest BCUT2D eigenvalue weighted by Crippen LogP contribution is -2.48. The van der Waals surface area contributed by atoms with Crippen molar-refractivity contribution in [3.63, 3.8) is 0 Å². The number of hydrogen-bond donors (Lipinski definition) is 1. The second kappa shape index (κ2) is 12.6. The first-order valence-electron chi connectivity index (χ1n) is 14.8. The van der Waals surface area contributed by atoms with Gasteiger partial charge in [0.1, 0.15) is 0 Å². The summed E-state index contributed by atoms with van der Waals surface area (Å²) in [7, 11) is -3.66. The Morgan fingerprint density at radius 2 is 1.21 bits per heavy atom. The molecule has 6 nitrogen and oxygen atoms in total. The Bertz CT molecular complexity index is 1530. The Kier molecular flexibility index (Phi) is 8.51. The summed E-state index contributed by atoms with van der Waals surface area (Å²) in [6, 6.07) is 36.6. The van der Waals surface area contributed by atoms with Gasteiger partial charge in [0.15, 0.2) is 0 Å². The van der Waals surface area contributed by atoms with Gasteiger partial charge >= 0.3 is 0 Å². The van der Waals surface area contributed by atoms with E-state index in [0.29, 0.717) is 5.69 Å². The van der Waals surface area contributed by atoms with E-state index in [1.165, 1.54) is 5.56 Å². The molecule has 6 rings (SSSR count). The molecule has 0 radical (unpaired) electrons. The van der Waals surface area contributed by atoms with E-state index in [9.17, 15) is 13.2 Å². The first-order chi connectivity index (χ1) is 20.5. The Morgan fingerprint density at radius 1 is 0.714 bits per heavy atom. The van der Waals surface area contributed by atoms with Crippen LogP contribution in [0.5, 0.6) is 0 Å². The van der Waals surface area contributed by atoms with Crippen molar-refractivity contribution in [3.05, 3.63) is 132 Å². The first kappa shape index (κ1) is 28.3. The van der Waals surface area contributed by atoms with Gasteiger partial charge in [-0.05, 0) is 66.6 Å². The highest BCUT2D eigenvalue weighted by molar-refractivity contribution is 7.89. The molecular weight excluding hydrogens is 542 g/mol. The summed E-state index contributed by atoms with van der Waals surface area (Å²) in [5.74, 6) is -0.640. The largest absolute Gasteiger partial charge is 0.325 e. The van der Waals surface area contributed by atoms with Crippen molar-refractivity contribution in [1.29, 1.82) is 0 Å². The number of sulfonamides is 1. The predicted molar refractivity (Wildman–Crippen MR) is 167 cm³/mol. The molecule has 7 heteroatoms. The quantitative estimate of drug-likeness (QED) is 0.240. The standard InChI is InChI=1S/C35H37N3O3S/c39-35(34(28-12-6-2-7-13-28)29-14-8-3-9-15-29)36-30-16-20-33(21-17-30)42(40,41)38(31-18-19-31)32-22-24-37(25-23-32)26-27-10-4-1-5-11-27/h1-17,20-21,31-32,34H,18-19,22-26H2,(H,36,39). The van der Waals surface area contributed by atoms with E-state index in [0.717, 1.165) is 56.4 Å². The van der Waals surface area contributed by atoms with E-state index in [1.54, 1.807) is 28.6 Å². The van der Waals surface area contributed by atoms with Gasteiger partial charge in [-0.3, -0.25) is 9.69 Å². The fourth-order valence-corrected chi connectivity index (χ4v) is 7.96. The lowest BCUT2D eigenvalue weighted by molar-refractivity contribution is -0.116. The van der Waals surface area contributed by atoms with Gasteiger partial charge in [0.25, 0.3) is 0 Å². The molecule has 0 aromatic heterocycles. The average Bonchev–Trinajstić information content (AvgIpc) is 3.85. The molecule has 4 aromatic carbocycles. The molecule has 1 heterocycles. The molecule has 2 aliphatic rings. The fraction of sp³-hybridized carbons (Fsp3) is 0.286. The normalized spacial score (nSPS) is 16.5. The highest BCUT2D eigenvalue weighted by Crippen LogP contribution is 2.37. The maximum atomic E-state index is 13.9. The van der Waals surface area contributed by atoms with Crippen molar-refractivity contribution in [3.8, 4) is 0 Å². The maximum Gasteiger partial charge on any atom is 0.243 e. The topological polar surface area (TPSA) is 69.7 Å². The van der Waals surface area contributed by atoms with Crippen molar-refractivity contribution in [2.24, 2.45) is 0 Å². The predicted octanol–water partition coefficient (Wildman–Crippen LogP) is 6.27. The van der Waals surface area contributed by atoms with Crippen molar-refractivity contribution < 1.29 is 13.2 Å². The number of benzene rings is 4. The van der Waals surface area contributed by atoms with Gasteiger partial charge in [-0.15, -0.1) is 0 Å². The second-order valence-corrected chi connectivity index (χ2v) is 13.2. The number of rotatable bonds is 10. The zero-order valence-corrected chi connectivity index (χ0v) is 24.5. The third-order valence-corrected chi connectivity index (χ3v) is 10.3. The number of nitrogens with one attached hydrogen (secondary N) is 1. The molecule has 0 unspecified atom stereocenters. The summed E-state index contributed by atoms with van der Waals surface area (Å²) < 4.78 is 29.6. The van der Waals surface area contributed by atoms with Crippen LogP contribution in [-0.2, 0) is 21.4 Å². The molecule has 0 bridgehead atoms. The van der Waals surface area contributed by atoms with Gasteiger partial charge in [-0.2, -0.15) is 4.31 Å². The molecule has 1 N–H and O–H groups in total. The molecule has 1 aliphatic heterocycles. The highest BCUT2D eigenvalue weighted by atomic mass is 32.2. The van der Waals surface area contributed by atoms with Gasteiger partial charge in [0.2, 0.25) is 15.9 Å². The number of carbonyl (C=O) groups excluding carboxylic acids is 1. The van der Waals surface area contributed by atoms with E-state index >= 15 is 0 Å². The van der Waals surface area contributed by atoms with Crippen molar-refractivity contribution >= 4 is 21.6 Å². The van der Waals surface area contributed by atoms with Crippen LogP contribution in [0.4, 0.5) is 5.69 Å². The lowest BCUT2D eigenvalue weighted by Gasteiger charge is -2.38. The third kappa shape index (κ3) is 6.49. The number of piperidine rings is 1. The third-order valence-electron chi connectivity index (χ3n) is 8.30. The molecule has 0 spiro atoms. The van der Waals surface area contributed by atoms with Gasteiger partial charge in [-0.1, -0.05) is 91.0 Å². The molecule has 216 valence electrons. The highest BCUT2D eigenvalue weighted by Gasteiger charge is 2.43. The molecule has 0 atom stereocenters. The van der Waals surface area contributed by atoms with E-state index < -0.39 is 15.9 Å². The number of amides is 1. The Morgan fingerprint density at radius 3 is 1.74 bits per heavy atom. The van der Waals surface area contributed by atoms with Crippen LogP contribution in [0, 0.1) is 0 Å². The zero-order valence-electron chi connectivity index (χ0n) is 23.7. The van der Waals surface area contributed by atoms with E-state index in [4.69, 9.17) is 0 Å². The molecule has 1 amide bonds. The van der Waals surface area contributed by atoms with Crippen LogP contribution in [-0.4, -0.2) is 48.7 Å². The number of nitrogens with zero attached hydrogens (tertiary/aromatic N) is 2. The Hall–Kier alpha value is -3.78. The molecule has 1 aliphatic carbocycles. The number of hydrogen-bond acceptors (Lipinski definition) is 4. The van der Waals surface area contributed by atoms with Crippen molar-refractivity contribution in [2.45, 2.75) is 55.1 Å². The average molecular weight is 580 g/mol. The monoisotopic (exact) mass is 579 g/mol. The summed E-state index contributed by atoms with van der Waals surface area (Å²) in [6.45, 7) is 2.66. The van der Waals surface area contributed by atoms with Crippen LogP contribution in [0.25, 0.3) is 0 Å². The van der Waals surface area contributed by atoms with Crippen LogP contribution < -0.4 is 5.32 Å². The van der Waals surface area contributed by atoms with Crippen molar-refractivity contribution in [1.82, 2.24) is 9.21 Å². The number of anilines is 1. The smallest absolute Gasteiger partial charge is 0.243 e. The minimum Gasteiger partial charge on any atom is -0.325 e. The first-order valence-corrected chi connectivity index (χ1v) is 16.2. The van der Waals surface area contributed by atoms with Gasteiger partial charge < -0.3 is 5.32 Å². The molecule has 1 saturated carbocycles. The molecule has 1 saturated heterocycles. The van der Waals surface area contributed by atoms with Gasteiger partial charge in [-0.25, -0.2) is 8.42 Å². The summed E-state index contributed by atoms with van der Waals surface area (Å²) in [4.78, 5) is 16.2. The summed E-state index contributed by atoms with van der Waals surface area (Å²) >= 11 is 0. The van der Waals surface area contributed by atoms with Crippen LogP contribution in [0.15, 0.2) is 120 Å². The van der Waals surface area contributed by atoms with Crippen LogP contribution in [0.2, 0.25) is 0 Å². The number of likely N-dealkylation sites (tertiary alicyclic amines) is 1. The van der Waals surface area contributed by atoms with Crippen LogP contribution >= 0.6 is 0 Å².